The summed E-state index contributed by atoms with van der Waals surface area (Å²) in [6.45, 7) is 5.44. The van der Waals surface area contributed by atoms with Gasteiger partial charge >= 0.3 is 0 Å². The van der Waals surface area contributed by atoms with Gasteiger partial charge in [-0.1, -0.05) is 17.7 Å². The fraction of sp³-hybridized carbons (Fsp3) is 0.364. The second kappa shape index (κ2) is 4.75. The van der Waals surface area contributed by atoms with E-state index in [9.17, 15) is 8.42 Å². The van der Waals surface area contributed by atoms with E-state index in [0.29, 0.717) is 11.1 Å². The summed E-state index contributed by atoms with van der Waals surface area (Å²) < 4.78 is 26.4. The first-order valence-corrected chi connectivity index (χ1v) is 6.59. The minimum absolute atomic E-state index is 0.121. The molecule has 0 aliphatic carbocycles. The zero-order valence-corrected chi connectivity index (χ0v) is 11.2. The maximum Gasteiger partial charge on any atom is 0.264 e. The topological polar surface area (TPSA) is 84.5 Å². The molecule has 1 aromatic rings. The van der Waals surface area contributed by atoms with Crippen molar-refractivity contribution in [3.8, 4) is 0 Å². The molecule has 5 nitrogen and oxygen atoms in total. The Morgan fingerprint density at radius 2 is 1.71 bits per heavy atom. The Morgan fingerprint density at radius 3 is 2.12 bits per heavy atom. The van der Waals surface area contributed by atoms with Crippen molar-refractivity contribution in [2.75, 3.05) is 7.05 Å². The van der Waals surface area contributed by atoms with Crippen molar-refractivity contribution >= 4 is 16.0 Å². The van der Waals surface area contributed by atoms with Crippen molar-refractivity contribution < 1.29 is 8.42 Å². The van der Waals surface area contributed by atoms with Gasteiger partial charge in [0.25, 0.3) is 10.0 Å². The van der Waals surface area contributed by atoms with Crippen molar-refractivity contribution in [2.45, 2.75) is 25.7 Å². The molecular weight excluding hydrogens is 238 g/mol. The molecule has 0 saturated carbocycles. The summed E-state index contributed by atoms with van der Waals surface area (Å²) in [6.07, 6.45) is 0. The molecule has 0 bridgehead atoms. The normalized spacial score (nSPS) is 12.6. The van der Waals surface area contributed by atoms with E-state index in [4.69, 9.17) is 5.73 Å². The summed E-state index contributed by atoms with van der Waals surface area (Å²) in [7, 11) is -2.23. The van der Waals surface area contributed by atoms with Crippen LogP contribution in [0, 0.1) is 20.8 Å². The summed E-state index contributed by atoms with van der Waals surface area (Å²) in [5.74, 6) is -0.121. The van der Waals surface area contributed by atoms with Crippen LogP contribution in [0.3, 0.4) is 0 Å². The molecule has 3 N–H and O–H groups in total. The first-order chi connectivity index (χ1) is 7.77. The molecule has 0 unspecified atom stereocenters. The number of sulfonamides is 1. The van der Waals surface area contributed by atoms with Crippen LogP contribution >= 0.6 is 0 Å². The summed E-state index contributed by atoms with van der Waals surface area (Å²) in [4.78, 5) is 3.84. The Morgan fingerprint density at radius 1 is 1.24 bits per heavy atom. The minimum atomic E-state index is -3.66. The second-order valence-electron chi connectivity index (χ2n) is 3.94. The molecule has 0 atom stereocenters. The number of nitrogens with one attached hydrogen (secondary N) is 1. The number of aryl methyl sites for hydroxylation is 3. The molecule has 0 spiro atoms. The number of nitrogens with two attached hydrogens (primary N) is 1. The van der Waals surface area contributed by atoms with Gasteiger partial charge in [0.05, 0.1) is 4.90 Å². The van der Waals surface area contributed by atoms with Crippen molar-refractivity contribution in [1.29, 1.82) is 0 Å². The maximum atomic E-state index is 12.1. The van der Waals surface area contributed by atoms with E-state index in [1.54, 1.807) is 13.8 Å². The zero-order chi connectivity index (χ0) is 13.2. The quantitative estimate of drug-likeness (QED) is 0.606. The van der Waals surface area contributed by atoms with Gasteiger partial charge in [-0.05, 0) is 31.9 Å². The molecule has 1 rings (SSSR count). The smallest absolute Gasteiger partial charge is 0.264 e. The zero-order valence-electron chi connectivity index (χ0n) is 10.4. The van der Waals surface area contributed by atoms with E-state index in [2.05, 4.69) is 9.71 Å². The van der Waals surface area contributed by atoms with Gasteiger partial charge in [0.1, 0.15) is 0 Å². The van der Waals surface area contributed by atoms with Crippen LogP contribution in [-0.4, -0.2) is 21.4 Å². The van der Waals surface area contributed by atoms with Crippen LogP contribution in [0.5, 0.6) is 0 Å². The molecule has 6 heteroatoms. The van der Waals surface area contributed by atoms with E-state index in [0.717, 1.165) is 5.56 Å². The summed E-state index contributed by atoms with van der Waals surface area (Å²) >= 11 is 0. The molecular formula is C11H17N3O2S. The van der Waals surface area contributed by atoms with Crippen molar-refractivity contribution in [3.05, 3.63) is 28.8 Å². The van der Waals surface area contributed by atoms with Gasteiger partial charge in [-0.2, -0.15) is 0 Å². The predicted octanol–water partition coefficient (Wildman–Crippen LogP) is 0.835. The highest BCUT2D eigenvalue weighted by Gasteiger charge is 2.20. The summed E-state index contributed by atoms with van der Waals surface area (Å²) in [5.41, 5.74) is 7.80. The van der Waals surface area contributed by atoms with Gasteiger partial charge in [-0.3, -0.25) is 4.99 Å². The molecule has 0 amide bonds. The summed E-state index contributed by atoms with van der Waals surface area (Å²) in [5, 5.41) is 0. The van der Waals surface area contributed by atoms with Gasteiger partial charge in [-0.15, -0.1) is 0 Å². The molecule has 0 saturated heterocycles. The first kappa shape index (κ1) is 13.5. The molecule has 0 aliphatic rings. The largest absolute Gasteiger partial charge is 0.369 e. The van der Waals surface area contributed by atoms with Gasteiger partial charge in [0.2, 0.25) is 5.96 Å². The molecule has 0 radical (unpaired) electrons. The van der Waals surface area contributed by atoms with E-state index >= 15 is 0 Å². The van der Waals surface area contributed by atoms with Crippen LogP contribution < -0.4 is 10.5 Å². The predicted molar refractivity (Wildman–Crippen MR) is 68.5 cm³/mol. The van der Waals surface area contributed by atoms with Crippen LogP contribution in [-0.2, 0) is 10.0 Å². The Kier molecular flexibility index (Phi) is 3.77. The van der Waals surface area contributed by atoms with E-state index in [1.165, 1.54) is 7.05 Å². The molecule has 0 aliphatic heterocycles. The Balaban J connectivity index is 3.34. The molecule has 94 valence electrons. The van der Waals surface area contributed by atoms with Crippen molar-refractivity contribution in [3.63, 3.8) is 0 Å². The van der Waals surface area contributed by atoms with Gasteiger partial charge in [0.15, 0.2) is 0 Å². The van der Waals surface area contributed by atoms with Gasteiger partial charge in [-0.25, -0.2) is 13.1 Å². The third kappa shape index (κ3) is 2.97. The van der Waals surface area contributed by atoms with Gasteiger partial charge < -0.3 is 5.73 Å². The van der Waals surface area contributed by atoms with E-state index in [-0.39, 0.29) is 10.9 Å². The van der Waals surface area contributed by atoms with Crippen LogP contribution in [0.25, 0.3) is 0 Å². The highest BCUT2D eigenvalue weighted by molar-refractivity contribution is 7.90. The molecule has 1 aromatic carbocycles. The van der Waals surface area contributed by atoms with E-state index in [1.807, 2.05) is 19.1 Å². The summed E-state index contributed by atoms with van der Waals surface area (Å²) in [6, 6.07) is 3.64. The lowest BCUT2D eigenvalue weighted by Gasteiger charge is -2.13. The highest BCUT2D eigenvalue weighted by atomic mass is 32.2. The minimum Gasteiger partial charge on any atom is -0.369 e. The molecule has 0 aromatic heterocycles. The number of aliphatic imine (C=N–C) groups is 1. The molecule has 0 heterocycles. The standard InChI is InChI=1S/C11H17N3O2S/c1-7-5-8(2)10(9(3)6-7)17(15,16)14-11(12)13-4/h5-6H,1-4H3,(H3,12,13,14). The lowest BCUT2D eigenvalue weighted by Crippen LogP contribution is -2.37. The fourth-order valence-electron chi connectivity index (χ4n) is 1.82. The van der Waals surface area contributed by atoms with E-state index < -0.39 is 10.0 Å². The molecule has 0 fully saturated rings. The first-order valence-electron chi connectivity index (χ1n) is 5.11. The van der Waals surface area contributed by atoms with Crippen LogP contribution in [0.1, 0.15) is 16.7 Å². The average Bonchev–Trinajstić information content (AvgIpc) is 2.14. The van der Waals surface area contributed by atoms with Crippen molar-refractivity contribution in [1.82, 2.24) is 4.72 Å². The monoisotopic (exact) mass is 255 g/mol. The number of hydrogen-bond acceptors (Lipinski definition) is 3. The fourth-order valence-corrected chi connectivity index (χ4v) is 3.26. The Hall–Kier alpha value is -1.56. The Bertz CT molecular complexity index is 539. The van der Waals surface area contributed by atoms with Crippen LogP contribution in [0.4, 0.5) is 0 Å². The maximum absolute atomic E-state index is 12.1. The number of hydrogen-bond donors (Lipinski definition) is 2. The van der Waals surface area contributed by atoms with Crippen LogP contribution in [0.2, 0.25) is 0 Å². The SMILES string of the molecule is CN=C(N)NS(=O)(=O)c1c(C)cc(C)cc1C. The number of guanidine groups is 1. The average molecular weight is 255 g/mol. The number of benzene rings is 1. The second-order valence-corrected chi connectivity index (χ2v) is 5.56. The highest BCUT2D eigenvalue weighted by Crippen LogP contribution is 2.21. The third-order valence-electron chi connectivity index (χ3n) is 2.35. The number of rotatable bonds is 2. The van der Waals surface area contributed by atoms with Crippen molar-refractivity contribution in [2.24, 2.45) is 10.7 Å². The third-order valence-corrected chi connectivity index (χ3v) is 4.01. The lowest BCUT2D eigenvalue weighted by molar-refractivity contribution is 0.591. The van der Waals surface area contributed by atoms with Crippen LogP contribution in [0.15, 0.2) is 22.0 Å². The number of nitrogens with zero attached hydrogens (tertiary/aromatic N) is 1. The van der Waals surface area contributed by atoms with Gasteiger partial charge in [0, 0.05) is 7.05 Å². The lowest BCUT2D eigenvalue weighted by atomic mass is 10.1. The Labute approximate surface area is 102 Å². The molecule has 17 heavy (non-hydrogen) atoms.